The fraction of sp³-hybridized carbons (Fsp3) is 0.267. The Balaban J connectivity index is 2.15. The van der Waals surface area contributed by atoms with E-state index in [4.69, 9.17) is 16.6 Å². The van der Waals surface area contributed by atoms with Crippen LogP contribution in [-0.4, -0.2) is 32.2 Å². The fourth-order valence-electron chi connectivity index (χ4n) is 2.02. The number of hydrogen-bond donors (Lipinski definition) is 1. The number of carbonyl (C=O) groups excluding carboxylic acids is 1. The first-order valence-electron chi connectivity index (χ1n) is 6.74. The number of aliphatic carboxylic acids is 1. The molecule has 1 aliphatic heterocycles. The lowest BCUT2D eigenvalue weighted by Gasteiger charge is -2.22. The lowest BCUT2D eigenvalue weighted by atomic mass is 10.1. The molecule has 7 heteroatoms. The van der Waals surface area contributed by atoms with E-state index in [0.29, 0.717) is 23.5 Å². The van der Waals surface area contributed by atoms with Crippen molar-refractivity contribution in [3.05, 3.63) is 41.2 Å². The molecule has 0 radical (unpaired) electrons. The van der Waals surface area contributed by atoms with Crippen LogP contribution < -0.4 is 0 Å². The van der Waals surface area contributed by atoms with Gasteiger partial charge in [0.05, 0.1) is 11.2 Å². The van der Waals surface area contributed by atoms with Crippen molar-refractivity contribution < 1.29 is 19.1 Å². The first-order chi connectivity index (χ1) is 10.5. The van der Waals surface area contributed by atoms with Crippen molar-refractivity contribution in [2.24, 2.45) is 0 Å². The van der Waals surface area contributed by atoms with Crippen molar-refractivity contribution in [3.8, 4) is 0 Å². The molecule has 1 saturated heterocycles. The molecule has 1 aromatic heterocycles. The average molecular weight is 337 g/mol. The minimum atomic E-state index is -1.04. The highest BCUT2D eigenvalue weighted by atomic mass is 32.2. The van der Waals surface area contributed by atoms with E-state index in [2.05, 4.69) is 0 Å². The molecular weight excluding hydrogens is 322 g/mol. The van der Waals surface area contributed by atoms with Crippen molar-refractivity contribution in [1.29, 1.82) is 0 Å². The SMILES string of the molecule is CCCC(C(=O)O)N1C(=O)/C(=C\C=C\c2ccco2)SC1=S. The zero-order valence-corrected chi connectivity index (χ0v) is 13.5. The van der Waals surface area contributed by atoms with E-state index in [1.54, 1.807) is 36.6 Å². The third kappa shape index (κ3) is 3.66. The first-order valence-corrected chi connectivity index (χ1v) is 7.97. The van der Waals surface area contributed by atoms with Crippen molar-refractivity contribution in [3.63, 3.8) is 0 Å². The van der Waals surface area contributed by atoms with E-state index in [9.17, 15) is 14.7 Å². The topological polar surface area (TPSA) is 70.8 Å². The van der Waals surface area contributed by atoms with Gasteiger partial charge in [0.25, 0.3) is 5.91 Å². The van der Waals surface area contributed by atoms with Gasteiger partial charge >= 0.3 is 5.97 Å². The standard InChI is InChI=1S/C15H15NO4S2/c1-2-5-11(14(18)19)16-13(17)12(22-15(16)21)8-3-6-10-7-4-9-20-10/h3-4,6-9,11H,2,5H2,1H3,(H,18,19)/b6-3+,12-8+. The van der Waals surface area contributed by atoms with Crippen LogP contribution in [0.1, 0.15) is 25.5 Å². The molecule has 1 N–H and O–H groups in total. The van der Waals surface area contributed by atoms with Crippen LogP contribution in [0, 0.1) is 0 Å². The van der Waals surface area contributed by atoms with Gasteiger partial charge in [-0.15, -0.1) is 0 Å². The van der Waals surface area contributed by atoms with E-state index in [1.807, 2.05) is 6.92 Å². The number of carboxylic acid groups (broad SMARTS) is 1. The zero-order chi connectivity index (χ0) is 16.1. The highest BCUT2D eigenvalue weighted by Gasteiger charge is 2.39. The molecule has 1 fully saturated rings. The Kier molecular flexibility index (Phi) is 5.57. The molecule has 2 rings (SSSR count). The lowest BCUT2D eigenvalue weighted by molar-refractivity contribution is -0.145. The lowest BCUT2D eigenvalue weighted by Crippen LogP contribution is -2.43. The van der Waals surface area contributed by atoms with Crippen LogP contribution in [0.3, 0.4) is 0 Å². The number of carboxylic acids is 1. The van der Waals surface area contributed by atoms with E-state index in [0.717, 1.165) is 11.8 Å². The summed E-state index contributed by atoms with van der Waals surface area (Å²) in [6.45, 7) is 1.87. The number of amides is 1. The number of allylic oxidation sites excluding steroid dienone is 2. The van der Waals surface area contributed by atoms with Crippen LogP contribution in [0.25, 0.3) is 6.08 Å². The van der Waals surface area contributed by atoms with Gasteiger partial charge in [-0.05, 0) is 30.7 Å². The summed E-state index contributed by atoms with van der Waals surface area (Å²) >= 11 is 6.27. The van der Waals surface area contributed by atoms with E-state index < -0.39 is 12.0 Å². The van der Waals surface area contributed by atoms with Crippen LogP contribution >= 0.6 is 24.0 Å². The summed E-state index contributed by atoms with van der Waals surface area (Å²) in [5.74, 6) is -0.730. The van der Waals surface area contributed by atoms with Gasteiger partial charge in [0.1, 0.15) is 16.1 Å². The number of thiocarbonyl (C=S) groups is 1. The highest BCUT2D eigenvalue weighted by Crippen LogP contribution is 2.33. The third-order valence-corrected chi connectivity index (χ3v) is 4.38. The number of hydrogen-bond acceptors (Lipinski definition) is 5. The van der Waals surface area contributed by atoms with Crippen LogP contribution in [0.5, 0.6) is 0 Å². The fourth-order valence-corrected chi connectivity index (χ4v) is 3.32. The summed E-state index contributed by atoms with van der Waals surface area (Å²) in [6, 6.07) is 2.65. The van der Waals surface area contributed by atoms with Gasteiger partial charge in [-0.2, -0.15) is 0 Å². The van der Waals surface area contributed by atoms with Crippen LogP contribution in [0.2, 0.25) is 0 Å². The summed E-state index contributed by atoms with van der Waals surface area (Å²) in [7, 11) is 0. The number of furan rings is 1. The number of nitrogens with zero attached hydrogens (tertiary/aromatic N) is 1. The molecule has 1 aromatic rings. The summed E-state index contributed by atoms with van der Waals surface area (Å²) in [4.78, 5) is 25.3. The van der Waals surface area contributed by atoms with E-state index in [-0.39, 0.29) is 10.2 Å². The highest BCUT2D eigenvalue weighted by molar-refractivity contribution is 8.26. The number of rotatable bonds is 6. The Labute approximate surface area is 137 Å². The second-order valence-corrected chi connectivity index (χ2v) is 6.27. The normalized spacial score (nSPS) is 18.6. The van der Waals surface area contributed by atoms with Crippen molar-refractivity contribution >= 4 is 46.3 Å². The third-order valence-electron chi connectivity index (χ3n) is 3.03. The molecule has 0 aliphatic carbocycles. The minimum absolute atomic E-state index is 0.281. The Morgan fingerprint density at radius 1 is 1.59 bits per heavy atom. The molecule has 0 aromatic carbocycles. The van der Waals surface area contributed by atoms with Crippen molar-refractivity contribution in [2.75, 3.05) is 0 Å². The van der Waals surface area contributed by atoms with Crippen molar-refractivity contribution in [2.45, 2.75) is 25.8 Å². The second kappa shape index (κ2) is 7.42. The monoisotopic (exact) mass is 337 g/mol. The van der Waals surface area contributed by atoms with Gasteiger partial charge in [0, 0.05) is 0 Å². The summed E-state index contributed by atoms with van der Waals surface area (Å²) in [5.41, 5.74) is 0. The second-order valence-electron chi connectivity index (χ2n) is 4.59. The maximum atomic E-state index is 12.4. The van der Waals surface area contributed by atoms with Gasteiger partial charge in [-0.1, -0.05) is 43.4 Å². The van der Waals surface area contributed by atoms with Gasteiger partial charge in [0.15, 0.2) is 0 Å². The molecule has 0 spiro atoms. The summed E-state index contributed by atoms with van der Waals surface area (Å²) < 4.78 is 5.43. The summed E-state index contributed by atoms with van der Waals surface area (Å²) in [5, 5.41) is 9.28. The average Bonchev–Trinajstić information content (AvgIpc) is 3.06. The van der Waals surface area contributed by atoms with E-state index >= 15 is 0 Å². The molecule has 116 valence electrons. The van der Waals surface area contributed by atoms with Gasteiger partial charge in [-0.3, -0.25) is 9.69 Å². The largest absolute Gasteiger partial charge is 0.480 e. The van der Waals surface area contributed by atoms with Gasteiger partial charge < -0.3 is 9.52 Å². The van der Waals surface area contributed by atoms with Crippen LogP contribution in [-0.2, 0) is 9.59 Å². The molecular formula is C15H15NO4S2. The molecule has 0 bridgehead atoms. The first kappa shape index (κ1) is 16.5. The molecule has 1 aliphatic rings. The Bertz CT molecular complexity index is 634. The Hall–Kier alpha value is -1.86. The number of thioether (sulfide) groups is 1. The Morgan fingerprint density at radius 3 is 2.95 bits per heavy atom. The molecule has 1 amide bonds. The predicted molar refractivity (Wildman–Crippen MR) is 89.2 cm³/mol. The predicted octanol–water partition coefficient (Wildman–Crippen LogP) is 3.29. The maximum Gasteiger partial charge on any atom is 0.326 e. The number of carbonyl (C=O) groups is 2. The maximum absolute atomic E-state index is 12.4. The van der Waals surface area contributed by atoms with Crippen LogP contribution in [0.15, 0.2) is 39.9 Å². The molecule has 2 heterocycles. The Morgan fingerprint density at radius 2 is 2.36 bits per heavy atom. The molecule has 0 saturated carbocycles. The minimum Gasteiger partial charge on any atom is -0.480 e. The molecule has 5 nitrogen and oxygen atoms in total. The molecule has 1 atom stereocenters. The zero-order valence-electron chi connectivity index (χ0n) is 11.9. The molecule has 22 heavy (non-hydrogen) atoms. The van der Waals surface area contributed by atoms with Crippen LogP contribution in [0.4, 0.5) is 0 Å². The van der Waals surface area contributed by atoms with Gasteiger partial charge in [0.2, 0.25) is 0 Å². The van der Waals surface area contributed by atoms with E-state index in [1.165, 1.54) is 4.90 Å². The molecule has 1 unspecified atom stereocenters. The quantitative estimate of drug-likeness (QED) is 0.634. The van der Waals surface area contributed by atoms with Gasteiger partial charge in [-0.25, -0.2) is 4.79 Å². The van der Waals surface area contributed by atoms with Crippen molar-refractivity contribution in [1.82, 2.24) is 4.90 Å². The smallest absolute Gasteiger partial charge is 0.326 e. The summed E-state index contributed by atoms with van der Waals surface area (Å²) in [6.07, 6.45) is 7.60.